The van der Waals surface area contributed by atoms with Crippen molar-refractivity contribution >= 4 is 38.7 Å². The minimum atomic E-state index is -5.45. The van der Waals surface area contributed by atoms with Crippen LogP contribution in [0.2, 0.25) is 0 Å². The molecule has 0 spiro atoms. The number of phosphoric acid groups is 2. The molecule has 0 radical (unpaired) electrons. The van der Waals surface area contributed by atoms with Crippen LogP contribution in [0.4, 0.5) is 5.95 Å². The number of nitrogens with two attached hydrogens (primary N) is 1. The number of carbonyl (C=O) groups is 1. The molecule has 2 aromatic rings. The molecule has 0 bridgehead atoms. The van der Waals surface area contributed by atoms with Crippen LogP contribution in [0.25, 0.3) is 11.2 Å². The van der Waals surface area contributed by atoms with Crippen molar-refractivity contribution in [1.29, 1.82) is 0 Å². The number of esters is 1. The Morgan fingerprint density at radius 2 is 1.89 bits per heavy atom. The Labute approximate surface area is 210 Å². The molecule has 3 N–H and O–H groups in total. The van der Waals surface area contributed by atoms with Crippen molar-refractivity contribution in [2.45, 2.75) is 71.4 Å². The molecule has 2 aromatic heterocycles. The van der Waals surface area contributed by atoms with Crippen LogP contribution in [0.5, 0.6) is 0 Å². The summed E-state index contributed by atoms with van der Waals surface area (Å²) in [5.74, 6) is -0.936. The molecule has 0 amide bonds. The summed E-state index contributed by atoms with van der Waals surface area (Å²) >= 11 is 0. The van der Waals surface area contributed by atoms with Crippen LogP contribution in [0.15, 0.2) is 11.1 Å². The van der Waals surface area contributed by atoms with Crippen LogP contribution in [0.3, 0.4) is 0 Å². The van der Waals surface area contributed by atoms with Gasteiger partial charge in [-0.2, -0.15) is 4.98 Å². The lowest BCUT2D eigenvalue weighted by atomic mass is 10.1. The Morgan fingerprint density at radius 3 is 2.49 bits per heavy atom. The molecule has 1 aliphatic rings. The van der Waals surface area contributed by atoms with E-state index in [2.05, 4.69) is 23.8 Å². The maximum absolute atomic E-state index is 12.2. The zero-order chi connectivity index (χ0) is 27.7. The maximum atomic E-state index is 12.2. The first kappa shape index (κ1) is 29.4. The first-order chi connectivity index (χ1) is 17.1. The van der Waals surface area contributed by atoms with E-state index in [1.807, 2.05) is 0 Å². The number of anilines is 1. The smallest absolute Gasteiger partial charge is 0.303 e. The molecule has 6 atom stereocenters. The molecule has 3 rings (SSSR count). The fourth-order valence-electron chi connectivity index (χ4n) is 3.58. The van der Waals surface area contributed by atoms with Crippen molar-refractivity contribution in [3.63, 3.8) is 0 Å². The number of hydrogen-bond acceptors (Lipinski definition) is 15. The molecule has 208 valence electrons. The van der Waals surface area contributed by atoms with Gasteiger partial charge in [-0.15, -0.1) is 0 Å². The van der Waals surface area contributed by atoms with E-state index in [4.69, 9.17) is 24.5 Å². The highest BCUT2D eigenvalue weighted by Crippen LogP contribution is 2.56. The van der Waals surface area contributed by atoms with Gasteiger partial charge >= 0.3 is 5.97 Å². The van der Waals surface area contributed by atoms with E-state index in [-0.39, 0.29) is 17.1 Å². The van der Waals surface area contributed by atoms with Crippen molar-refractivity contribution in [2.75, 3.05) is 12.3 Å². The Kier molecular flexibility index (Phi) is 8.94. The summed E-state index contributed by atoms with van der Waals surface area (Å²) in [5, 5.41) is 0. The van der Waals surface area contributed by atoms with E-state index in [1.165, 1.54) is 24.7 Å². The van der Waals surface area contributed by atoms with Gasteiger partial charge < -0.3 is 38.8 Å². The van der Waals surface area contributed by atoms with Crippen molar-refractivity contribution in [3.05, 3.63) is 16.7 Å². The van der Waals surface area contributed by atoms with Gasteiger partial charge in [-0.3, -0.25) is 28.3 Å². The zero-order valence-electron chi connectivity index (χ0n) is 20.5. The Hall–Kier alpha value is -2.20. The van der Waals surface area contributed by atoms with Crippen LogP contribution in [-0.4, -0.2) is 62.6 Å². The molecule has 0 saturated carbocycles. The van der Waals surface area contributed by atoms with Gasteiger partial charge in [0.2, 0.25) is 5.95 Å². The molecule has 3 heterocycles. The van der Waals surface area contributed by atoms with Gasteiger partial charge in [-0.1, -0.05) is 0 Å². The molecular weight excluding hydrogens is 540 g/mol. The van der Waals surface area contributed by atoms with Crippen molar-refractivity contribution in [3.8, 4) is 0 Å². The highest BCUT2D eigenvalue weighted by atomic mass is 31.3. The van der Waals surface area contributed by atoms with Gasteiger partial charge in [0.25, 0.3) is 21.2 Å². The topological polar surface area (TPSA) is 242 Å². The minimum Gasteiger partial charge on any atom is -0.756 e. The van der Waals surface area contributed by atoms with Gasteiger partial charge in [0, 0.05) is 6.92 Å². The Balaban J connectivity index is 1.92. The quantitative estimate of drug-likeness (QED) is 0.262. The van der Waals surface area contributed by atoms with E-state index < -0.39 is 70.5 Å². The second-order valence-electron chi connectivity index (χ2n) is 8.49. The fraction of sp³-hybridized carbons (Fsp3) is 0.667. The number of phosphoric ester groups is 2. The first-order valence-corrected chi connectivity index (χ1v) is 13.9. The van der Waals surface area contributed by atoms with E-state index in [9.17, 15) is 28.5 Å². The predicted octanol–water partition coefficient (Wildman–Crippen LogP) is -0.280. The molecule has 19 heteroatoms. The van der Waals surface area contributed by atoms with Crippen molar-refractivity contribution in [1.82, 2.24) is 19.5 Å². The number of aromatic nitrogens is 4. The van der Waals surface area contributed by atoms with Crippen LogP contribution >= 0.6 is 15.6 Å². The molecule has 17 nitrogen and oxygen atoms in total. The first-order valence-electron chi connectivity index (χ1n) is 11.0. The van der Waals surface area contributed by atoms with Gasteiger partial charge in [0.05, 0.1) is 25.1 Å². The summed E-state index contributed by atoms with van der Waals surface area (Å²) in [5.41, 5.74) is 4.92. The van der Waals surface area contributed by atoms with Crippen LogP contribution < -0.4 is 21.1 Å². The van der Waals surface area contributed by atoms with Crippen LogP contribution in [0, 0.1) is 0 Å². The number of H-pyrrole nitrogens is 1. The van der Waals surface area contributed by atoms with Gasteiger partial charge in [0.15, 0.2) is 23.5 Å². The predicted molar refractivity (Wildman–Crippen MR) is 121 cm³/mol. The average Bonchev–Trinajstić information content (AvgIpc) is 3.26. The summed E-state index contributed by atoms with van der Waals surface area (Å²) in [6.45, 7) is 6.40. The fourth-order valence-corrected chi connectivity index (χ4v) is 5.75. The number of fused-ring (bicyclic) bond motifs is 1. The third-order valence-corrected chi connectivity index (χ3v) is 7.42. The zero-order valence-corrected chi connectivity index (χ0v) is 22.2. The standard InChI is InChI=1S/C18H29N5O12P2/c1-8(2)31-13-11(6-30-36(26,27)35-37(28,29)34-9(3)4)33-17(14(13)32-10(5)24)23-7-20-12-15(23)21-18(19)22-16(12)25/h7-9,11,13-14,17H,6H2,1-5H3,(H,26,27)(H,28,29)(H3,19,21,22,25)/p-2/t11-,13?,14+,17-/m1/s1. The highest BCUT2D eigenvalue weighted by Gasteiger charge is 2.50. The Morgan fingerprint density at radius 1 is 1.22 bits per heavy atom. The number of nitrogens with zero attached hydrogens (tertiary/aromatic N) is 3. The number of carbonyl (C=O) groups excluding carboxylic acids is 1. The van der Waals surface area contributed by atoms with Crippen molar-refractivity contribution < 1.29 is 51.3 Å². The highest BCUT2D eigenvalue weighted by molar-refractivity contribution is 7.59. The second-order valence-corrected chi connectivity index (χ2v) is 11.4. The van der Waals surface area contributed by atoms with E-state index >= 15 is 0 Å². The van der Waals surface area contributed by atoms with Gasteiger partial charge in [-0.25, -0.2) is 9.29 Å². The third kappa shape index (κ3) is 7.44. The minimum absolute atomic E-state index is 0.00998. The van der Waals surface area contributed by atoms with Crippen LogP contribution in [-0.2, 0) is 41.5 Å². The summed E-state index contributed by atoms with van der Waals surface area (Å²) < 4.78 is 55.7. The number of hydrogen-bond donors (Lipinski definition) is 2. The number of nitrogens with one attached hydrogen (secondary N) is 1. The molecule has 1 aliphatic heterocycles. The Bertz CT molecular complexity index is 1280. The lowest BCUT2D eigenvalue weighted by molar-refractivity contribution is -0.247. The number of rotatable bonds is 11. The normalized spacial score (nSPS) is 25.4. The molecular formula is C18H27N5O12P2-2. The number of ether oxygens (including phenoxy) is 3. The molecule has 37 heavy (non-hydrogen) atoms. The lowest BCUT2D eigenvalue weighted by Gasteiger charge is -2.32. The molecule has 1 saturated heterocycles. The SMILES string of the molecule is CC(=O)O[C@H]1C(OC(C)C)[C@@H](COP(=O)([O-])OP(=O)([O-])OC(C)C)O[C@H]1n1cnc2c(=O)[nH]c(N)nc21. The maximum Gasteiger partial charge on any atom is 0.303 e. The number of aromatic amines is 1. The van der Waals surface area contributed by atoms with E-state index in [0.717, 1.165) is 6.92 Å². The summed E-state index contributed by atoms with van der Waals surface area (Å²) in [6, 6.07) is 0. The molecule has 1 fully saturated rings. The molecule has 3 unspecified atom stereocenters. The number of imidazole rings is 1. The monoisotopic (exact) mass is 567 g/mol. The summed E-state index contributed by atoms with van der Waals surface area (Å²) in [7, 11) is -10.7. The average molecular weight is 567 g/mol. The van der Waals surface area contributed by atoms with Crippen molar-refractivity contribution in [2.24, 2.45) is 0 Å². The largest absolute Gasteiger partial charge is 0.756 e. The van der Waals surface area contributed by atoms with E-state index in [1.54, 1.807) is 13.8 Å². The van der Waals surface area contributed by atoms with Gasteiger partial charge in [0.1, 0.15) is 12.2 Å². The van der Waals surface area contributed by atoms with Crippen LogP contribution in [0.1, 0.15) is 40.8 Å². The molecule has 0 aromatic carbocycles. The third-order valence-electron chi connectivity index (χ3n) is 4.68. The second kappa shape index (κ2) is 11.3. The number of nitrogen functional groups attached to an aromatic ring is 1. The van der Waals surface area contributed by atoms with E-state index in [0.29, 0.717) is 0 Å². The summed E-state index contributed by atoms with van der Waals surface area (Å²) in [6.07, 6.45) is -4.91. The lowest BCUT2D eigenvalue weighted by Crippen LogP contribution is -2.40. The van der Waals surface area contributed by atoms with Gasteiger partial charge in [-0.05, 0) is 27.7 Å². The summed E-state index contributed by atoms with van der Waals surface area (Å²) in [4.78, 5) is 58.4. The molecule has 0 aliphatic carbocycles.